The van der Waals surface area contributed by atoms with Crippen molar-refractivity contribution in [1.29, 1.82) is 0 Å². The smallest absolute Gasteiger partial charge is 0.404 e. The number of carbonyl (C=O) groups is 2. The number of amides is 2. The van der Waals surface area contributed by atoms with Gasteiger partial charge in [-0.15, -0.1) is 0 Å². The van der Waals surface area contributed by atoms with Crippen molar-refractivity contribution >= 4 is 23.6 Å². The summed E-state index contributed by atoms with van der Waals surface area (Å²) in [5.74, 6) is -0.435. The number of hydrogen-bond donors (Lipinski definition) is 4. The van der Waals surface area contributed by atoms with Gasteiger partial charge in [0.05, 0.1) is 16.9 Å². The van der Waals surface area contributed by atoms with Crippen molar-refractivity contribution in [2.75, 3.05) is 19.6 Å². The Morgan fingerprint density at radius 1 is 1.20 bits per heavy atom. The molecule has 1 fully saturated rings. The molecule has 2 aromatic carbocycles. The summed E-state index contributed by atoms with van der Waals surface area (Å²) in [4.78, 5) is 30.6. The summed E-state index contributed by atoms with van der Waals surface area (Å²) in [7, 11) is 0. The maximum atomic E-state index is 13.4. The molecule has 1 aliphatic heterocycles. The van der Waals surface area contributed by atoms with Crippen LogP contribution in [-0.2, 0) is 18.6 Å². The quantitative estimate of drug-likeness (QED) is 0.250. The first-order valence-electron chi connectivity index (χ1n) is 13.8. The monoisotopic (exact) mass is 564 g/mol. The molecule has 9 heteroatoms. The fraction of sp³-hybridized carbons (Fsp3) is 0.387. The lowest BCUT2D eigenvalue weighted by Crippen LogP contribution is -2.48. The topological polar surface area (TPSA) is 129 Å². The summed E-state index contributed by atoms with van der Waals surface area (Å²) >= 11 is 6.81. The molecule has 1 saturated heterocycles. The van der Waals surface area contributed by atoms with E-state index >= 15 is 0 Å². The van der Waals surface area contributed by atoms with E-state index in [9.17, 15) is 14.7 Å². The van der Waals surface area contributed by atoms with E-state index in [0.717, 1.165) is 29.5 Å². The van der Waals surface area contributed by atoms with Crippen molar-refractivity contribution in [2.45, 2.75) is 51.2 Å². The van der Waals surface area contributed by atoms with Gasteiger partial charge in [-0.1, -0.05) is 54.9 Å². The molecule has 0 aliphatic carbocycles. The van der Waals surface area contributed by atoms with Crippen molar-refractivity contribution in [3.05, 3.63) is 88.2 Å². The lowest BCUT2D eigenvalue weighted by atomic mass is 9.72. The van der Waals surface area contributed by atoms with Gasteiger partial charge >= 0.3 is 6.09 Å². The van der Waals surface area contributed by atoms with E-state index in [2.05, 4.69) is 29.4 Å². The van der Waals surface area contributed by atoms with Gasteiger partial charge in [0.25, 0.3) is 5.91 Å². The Hall–Kier alpha value is -3.46. The number of carboxylic acid groups (broad SMARTS) is 1. The maximum Gasteiger partial charge on any atom is 0.404 e. The number of rotatable bonds is 10. The summed E-state index contributed by atoms with van der Waals surface area (Å²) in [5.41, 5.74) is 9.00. The summed E-state index contributed by atoms with van der Waals surface area (Å²) in [6, 6.07) is 17.2. The van der Waals surface area contributed by atoms with Crippen LogP contribution in [0, 0.1) is 5.92 Å². The van der Waals surface area contributed by atoms with Crippen LogP contribution in [0.15, 0.2) is 60.8 Å². The van der Waals surface area contributed by atoms with Crippen molar-refractivity contribution in [2.24, 2.45) is 11.7 Å². The van der Waals surface area contributed by atoms with Crippen LogP contribution in [0.2, 0.25) is 5.02 Å². The molecule has 5 N–H and O–H groups in total. The van der Waals surface area contributed by atoms with Crippen LogP contribution in [-0.4, -0.2) is 51.7 Å². The van der Waals surface area contributed by atoms with Gasteiger partial charge in [0.15, 0.2) is 0 Å². The molecule has 0 saturated carbocycles. The highest BCUT2D eigenvalue weighted by molar-refractivity contribution is 6.33. The lowest BCUT2D eigenvalue weighted by Gasteiger charge is -2.44. The first kappa shape index (κ1) is 29.5. The number of carbonyl (C=O) groups excluding carboxylic acids is 1. The molecule has 4 rings (SSSR count). The summed E-state index contributed by atoms with van der Waals surface area (Å²) < 4.78 is 0. The van der Waals surface area contributed by atoms with Crippen LogP contribution in [0.25, 0.3) is 11.1 Å². The van der Waals surface area contributed by atoms with E-state index in [1.165, 1.54) is 0 Å². The van der Waals surface area contributed by atoms with Gasteiger partial charge in [0, 0.05) is 48.9 Å². The Morgan fingerprint density at radius 3 is 2.70 bits per heavy atom. The maximum absolute atomic E-state index is 13.4. The number of hydrogen-bond acceptors (Lipinski definition) is 5. The summed E-state index contributed by atoms with van der Waals surface area (Å²) in [5, 5.41) is 24.6. The number of aliphatic hydroxyl groups is 1. The van der Waals surface area contributed by atoms with Gasteiger partial charge in [-0.05, 0) is 67.0 Å². The van der Waals surface area contributed by atoms with Crippen molar-refractivity contribution < 1.29 is 19.8 Å². The molecule has 212 valence electrons. The molecule has 2 heterocycles. The minimum absolute atomic E-state index is 0.141. The summed E-state index contributed by atoms with van der Waals surface area (Å²) in [6.07, 6.45) is 3.45. The van der Waals surface area contributed by atoms with Crippen LogP contribution < -0.4 is 11.1 Å². The zero-order chi connectivity index (χ0) is 28.7. The first-order valence-corrected chi connectivity index (χ1v) is 14.2. The molecule has 0 unspecified atom stereocenters. The van der Waals surface area contributed by atoms with Crippen LogP contribution in [0.1, 0.15) is 59.8 Å². The van der Waals surface area contributed by atoms with E-state index in [0.29, 0.717) is 60.7 Å². The van der Waals surface area contributed by atoms with Crippen molar-refractivity contribution in [3.8, 4) is 11.1 Å². The standard InChI is InChI=1S/C31H37ClN4O4/c1-2-21-7-3-8-22(17-21)28-26(10-4-11-27(28)32)31(40,14-6-15-34-30(38)39)24-9-5-16-36(20-24)29(37)23-12-13-25(18-33)35-19-23/h3-4,7-8,10-13,17,19,24,34,40H,2,5-6,9,14-16,18,20,33H2,1H3,(H,38,39)/t24-,31+/m1/s1. The second-order valence-corrected chi connectivity index (χ2v) is 10.7. The van der Waals surface area contributed by atoms with Gasteiger partial charge in [-0.25, -0.2) is 4.79 Å². The van der Waals surface area contributed by atoms with Gasteiger partial charge in [0.2, 0.25) is 0 Å². The fourth-order valence-corrected chi connectivity index (χ4v) is 5.93. The number of likely N-dealkylation sites (tertiary alicyclic amines) is 1. The minimum atomic E-state index is -1.36. The lowest BCUT2D eigenvalue weighted by molar-refractivity contribution is -0.0563. The largest absolute Gasteiger partial charge is 0.465 e. The molecule has 2 amide bonds. The number of nitrogens with one attached hydrogen (secondary N) is 1. The van der Waals surface area contributed by atoms with Gasteiger partial charge in [-0.2, -0.15) is 0 Å². The molecule has 3 aromatic rings. The number of benzene rings is 2. The number of aromatic nitrogens is 1. The Labute approximate surface area is 240 Å². The number of halogens is 1. The normalized spacial score (nSPS) is 16.8. The van der Waals surface area contributed by atoms with E-state index in [1.54, 1.807) is 23.2 Å². The van der Waals surface area contributed by atoms with Crippen LogP contribution in [0.5, 0.6) is 0 Å². The highest BCUT2D eigenvalue weighted by Gasteiger charge is 2.43. The Morgan fingerprint density at radius 2 is 2.00 bits per heavy atom. The zero-order valence-corrected chi connectivity index (χ0v) is 23.5. The fourth-order valence-electron chi connectivity index (χ4n) is 5.64. The third-order valence-corrected chi connectivity index (χ3v) is 8.09. The van der Waals surface area contributed by atoms with E-state index in [4.69, 9.17) is 22.4 Å². The molecule has 1 aromatic heterocycles. The highest BCUT2D eigenvalue weighted by atomic mass is 35.5. The number of piperidine rings is 1. The Bertz CT molecular complexity index is 1330. The molecule has 40 heavy (non-hydrogen) atoms. The molecular weight excluding hydrogens is 528 g/mol. The van der Waals surface area contributed by atoms with E-state index < -0.39 is 11.7 Å². The first-order chi connectivity index (χ1) is 19.3. The van der Waals surface area contributed by atoms with E-state index in [-0.39, 0.29) is 18.4 Å². The minimum Gasteiger partial charge on any atom is -0.465 e. The van der Waals surface area contributed by atoms with Gasteiger partial charge in [-0.3, -0.25) is 9.78 Å². The molecule has 0 spiro atoms. The molecular formula is C31H37ClN4O4. The van der Waals surface area contributed by atoms with Gasteiger partial charge < -0.3 is 26.2 Å². The average Bonchev–Trinajstić information content (AvgIpc) is 2.98. The highest BCUT2D eigenvalue weighted by Crippen LogP contribution is 2.45. The SMILES string of the molecule is CCc1cccc(-c2c(Cl)cccc2[C@](O)(CCCNC(=O)O)[C@@H]2CCCN(C(=O)c3ccc(CN)nc3)C2)c1. The summed E-state index contributed by atoms with van der Waals surface area (Å²) in [6.45, 7) is 3.51. The second kappa shape index (κ2) is 13.3. The molecule has 1 aliphatic rings. The molecule has 0 radical (unpaired) electrons. The molecule has 2 atom stereocenters. The number of nitrogens with two attached hydrogens (primary N) is 1. The third kappa shape index (κ3) is 6.63. The van der Waals surface area contributed by atoms with Crippen LogP contribution in [0.4, 0.5) is 4.79 Å². The number of nitrogens with zero attached hydrogens (tertiary/aromatic N) is 2. The van der Waals surface area contributed by atoms with Crippen LogP contribution in [0.3, 0.4) is 0 Å². The van der Waals surface area contributed by atoms with Crippen molar-refractivity contribution in [1.82, 2.24) is 15.2 Å². The molecule has 0 bridgehead atoms. The van der Waals surface area contributed by atoms with Crippen LogP contribution >= 0.6 is 11.6 Å². The Balaban J connectivity index is 1.71. The van der Waals surface area contributed by atoms with E-state index in [1.807, 2.05) is 30.3 Å². The zero-order valence-electron chi connectivity index (χ0n) is 22.8. The number of pyridine rings is 1. The third-order valence-electron chi connectivity index (χ3n) is 7.78. The van der Waals surface area contributed by atoms with Crippen molar-refractivity contribution in [3.63, 3.8) is 0 Å². The average molecular weight is 565 g/mol. The Kier molecular flexibility index (Phi) is 9.79. The predicted octanol–water partition coefficient (Wildman–Crippen LogP) is 5.21. The molecule has 8 nitrogen and oxygen atoms in total. The second-order valence-electron chi connectivity index (χ2n) is 10.3. The van der Waals surface area contributed by atoms with Gasteiger partial charge in [0.1, 0.15) is 0 Å². The predicted molar refractivity (Wildman–Crippen MR) is 156 cm³/mol. The number of aryl methyl sites for hydroxylation is 1.